The van der Waals surface area contributed by atoms with Gasteiger partial charge in [-0.1, -0.05) is 6.07 Å². The van der Waals surface area contributed by atoms with Gasteiger partial charge in [-0.3, -0.25) is 0 Å². The van der Waals surface area contributed by atoms with Crippen LogP contribution in [0.1, 0.15) is 36.8 Å². The molecule has 2 heterocycles. The topological polar surface area (TPSA) is 61.8 Å². The van der Waals surface area contributed by atoms with Gasteiger partial charge in [-0.15, -0.1) is 0 Å². The molecule has 6 rings (SSSR count). The molecular weight excluding hydrogens is 328 g/mol. The average molecular weight is 354 g/mol. The molecule has 0 spiro atoms. The first kappa shape index (κ1) is 15.3. The van der Waals surface area contributed by atoms with Gasteiger partial charge in [0.25, 0.3) is 0 Å². The number of nitrogens with one attached hydrogen (secondary N) is 1. The van der Waals surface area contributed by atoms with Crippen molar-refractivity contribution in [3.8, 4) is 5.75 Å². The molecule has 3 aliphatic carbocycles. The minimum atomic E-state index is -0.722. The first-order chi connectivity index (χ1) is 12.6. The van der Waals surface area contributed by atoms with E-state index in [4.69, 9.17) is 4.74 Å². The quantitative estimate of drug-likeness (QED) is 0.814. The Kier molecular flexibility index (Phi) is 2.80. The summed E-state index contributed by atoms with van der Waals surface area (Å²) >= 11 is 0. The lowest BCUT2D eigenvalue weighted by Gasteiger charge is -2.64. The number of piperidine rings is 1. The van der Waals surface area contributed by atoms with E-state index in [1.165, 1.54) is 17.5 Å². The van der Waals surface area contributed by atoms with E-state index in [0.29, 0.717) is 23.3 Å². The van der Waals surface area contributed by atoms with Crippen molar-refractivity contribution in [3.05, 3.63) is 29.3 Å². The van der Waals surface area contributed by atoms with Gasteiger partial charge in [0, 0.05) is 24.0 Å². The zero-order valence-electron chi connectivity index (χ0n) is 15.2. The third-order valence-electron chi connectivity index (χ3n) is 8.77. The summed E-state index contributed by atoms with van der Waals surface area (Å²) in [7, 11) is 1.74. The molecule has 1 amide bonds. The van der Waals surface area contributed by atoms with Crippen LogP contribution in [0.3, 0.4) is 0 Å². The Morgan fingerprint density at radius 3 is 3.08 bits per heavy atom. The summed E-state index contributed by atoms with van der Waals surface area (Å²) < 4.78 is 5.59. The summed E-state index contributed by atoms with van der Waals surface area (Å²) in [5.41, 5.74) is 3.37. The van der Waals surface area contributed by atoms with Gasteiger partial charge in [-0.25, -0.2) is 4.79 Å². The van der Waals surface area contributed by atoms with Crippen molar-refractivity contribution in [2.24, 2.45) is 17.3 Å². The molecule has 4 fully saturated rings. The fourth-order valence-electron chi connectivity index (χ4n) is 8.23. The van der Waals surface area contributed by atoms with Crippen LogP contribution in [0.4, 0.5) is 4.79 Å². The standard InChI is InChI=1S/C21H26N2O3/c1-26-14-3-2-12-8-17-20-5-4-16-18(13(10-20)11-23(16)19(24)25)21(20,6-7-22-17)15(12)9-14/h2-3,9,13,16-18,22H,4-8,10-11H2,1H3,(H,24,25)/t13-,16?,17-,18?,20-,21+/m1/s1. The molecule has 2 saturated heterocycles. The Balaban J connectivity index is 1.60. The molecule has 26 heavy (non-hydrogen) atoms. The first-order valence-electron chi connectivity index (χ1n) is 10.0. The number of fused-ring (bicyclic) bond motifs is 1. The van der Waals surface area contributed by atoms with Crippen LogP contribution in [0.5, 0.6) is 5.75 Å². The Morgan fingerprint density at radius 2 is 2.27 bits per heavy atom. The second-order valence-electron chi connectivity index (χ2n) is 9.14. The first-order valence-corrected chi connectivity index (χ1v) is 10.0. The van der Waals surface area contributed by atoms with Crippen molar-refractivity contribution in [1.29, 1.82) is 0 Å². The normalized spacial score (nSPS) is 44.4. The van der Waals surface area contributed by atoms with Crippen molar-refractivity contribution in [2.75, 3.05) is 20.2 Å². The molecule has 1 aromatic rings. The summed E-state index contributed by atoms with van der Waals surface area (Å²) in [6.45, 7) is 1.78. The van der Waals surface area contributed by atoms with E-state index < -0.39 is 6.09 Å². The van der Waals surface area contributed by atoms with Gasteiger partial charge in [0.1, 0.15) is 5.75 Å². The van der Waals surface area contributed by atoms with Crippen molar-refractivity contribution >= 4 is 6.09 Å². The maximum absolute atomic E-state index is 11.9. The molecule has 1 aromatic carbocycles. The van der Waals surface area contributed by atoms with E-state index in [-0.39, 0.29) is 11.5 Å². The number of ether oxygens (including phenoxy) is 1. The van der Waals surface area contributed by atoms with Crippen LogP contribution in [0.15, 0.2) is 18.2 Å². The predicted molar refractivity (Wildman–Crippen MR) is 96.6 cm³/mol. The second kappa shape index (κ2) is 4.75. The minimum absolute atomic E-state index is 0.128. The number of benzene rings is 1. The van der Waals surface area contributed by atoms with Gasteiger partial charge < -0.3 is 20.1 Å². The molecule has 2 unspecified atom stereocenters. The lowest BCUT2D eigenvalue weighted by atomic mass is 9.44. The average Bonchev–Trinajstić information content (AvgIpc) is 3.08. The van der Waals surface area contributed by atoms with Gasteiger partial charge in [0.05, 0.1) is 7.11 Å². The van der Waals surface area contributed by atoms with Crippen LogP contribution < -0.4 is 10.1 Å². The molecule has 2 aliphatic heterocycles. The van der Waals surface area contributed by atoms with Gasteiger partial charge in [-0.2, -0.15) is 0 Å². The molecule has 2 saturated carbocycles. The fourth-order valence-corrected chi connectivity index (χ4v) is 8.23. The third-order valence-corrected chi connectivity index (χ3v) is 8.77. The van der Waals surface area contributed by atoms with Gasteiger partial charge in [0.2, 0.25) is 0 Å². The number of methoxy groups -OCH3 is 1. The van der Waals surface area contributed by atoms with Gasteiger partial charge in [-0.05, 0) is 79.2 Å². The highest BCUT2D eigenvalue weighted by Crippen LogP contribution is 2.74. The number of carboxylic acid groups (broad SMARTS) is 1. The molecule has 5 aliphatic rings. The summed E-state index contributed by atoms with van der Waals surface area (Å²) in [5, 5.41) is 13.6. The number of rotatable bonds is 1. The van der Waals surface area contributed by atoms with E-state index in [9.17, 15) is 9.90 Å². The van der Waals surface area contributed by atoms with Gasteiger partial charge >= 0.3 is 6.09 Å². The van der Waals surface area contributed by atoms with Crippen LogP contribution in [-0.2, 0) is 11.8 Å². The summed E-state index contributed by atoms with van der Waals surface area (Å²) in [6, 6.07) is 7.38. The molecule has 6 atom stereocenters. The molecule has 0 aromatic heterocycles. The lowest BCUT2D eigenvalue weighted by molar-refractivity contribution is -0.0452. The van der Waals surface area contributed by atoms with Crippen molar-refractivity contribution < 1.29 is 14.6 Å². The summed E-state index contributed by atoms with van der Waals surface area (Å²) in [6.07, 6.45) is 4.89. The monoisotopic (exact) mass is 354 g/mol. The molecule has 2 N–H and O–H groups in total. The summed E-state index contributed by atoms with van der Waals surface area (Å²) in [5.74, 6) is 1.93. The van der Waals surface area contributed by atoms with E-state index in [1.807, 2.05) is 0 Å². The number of hydrogen-bond donors (Lipinski definition) is 2. The van der Waals surface area contributed by atoms with Crippen LogP contribution in [-0.4, -0.2) is 48.4 Å². The maximum Gasteiger partial charge on any atom is 0.407 e. The highest BCUT2D eigenvalue weighted by Gasteiger charge is 2.75. The lowest BCUT2D eigenvalue weighted by Crippen LogP contribution is -2.69. The Labute approximate surface area is 153 Å². The van der Waals surface area contributed by atoms with E-state index in [2.05, 4.69) is 23.5 Å². The van der Waals surface area contributed by atoms with Crippen molar-refractivity contribution in [2.45, 2.75) is 49.6 Å². The second-order valence-corrected chi connectivity index (χ2v) is 9.14. The number of hydrogen-bond acceptors (Lipinski definition) is 3. The van der Waals surface area contributed by atoms with E-state index in [1.54, 1.807) is 12.0 Å². The zero-order chi connectivity index (χ0) is 17.7. The molecule has 5 heteroatoms. The van der Waals surface area contributed by atoms with Gasteiger partial charge in [0.15, 0.2) is 0 Å². The Morgan fingerprint density at radius 1 is 1.38 bits per heavy atom. The largest absolute Gasteiger partial charge is 0.497 e. The highest BCUT2D eigenvalue weighted by molar-refractivity contribution is 5.67. The SMILES string of the molecule is COc1ccc2c(c1)[C@]13CCN[C@H](C2)[C@]12CCC1C3[C@@H](CN1C(=O)O)C2. The number of amides is 1. The number of carbonyl (C=O) groups is 1. The fraction of sp³-hybridized carbons (Fsp3) is 0.667. The van der Waals surface area contributed by atoms with E-state index in [0.717, 1.165) is 44.5 Å². The van der Waals surface area contributed by atoms with Crippen molar-refractivity contribution in [3.63, 3.8) is 0 Å². The smallest absolute Gasteiger partial charge is 0.407 e. The summed E-state index contributed by atoms with van der Waals surface area (Å²) in [4.78, 5) is 13.7. The van der Waals surface area contributed by atoms with Crippen LogP contribution in [0.2, 0.25) is 0 Å². The van der Waals surface area contributed by atoms with Crippen LogP contribution >= 0.6 is 0 Å². The molecule has 0 radical (unpaired) electrons. The van der Waals surface area contributed by atoms with Crippen LogP contribution in [0, 0.1) is 17.3 Å². The van der Waals surface area contributed by atoms with Crippen LogP contribution in [0.25, 0.3) is 0 Å². The maximum atomic E-state index is 11.9. The molecule has 5 nitrogen and oxygen atoms in total. The minimum Gasteiger partial charge on any atom is -0.497 e. The van der Waals surface area contributed by atoms with Crippen molar-refractivity contribution in [1.82, 2.24) is 10.2 Å². The number of likely N-dealkylation sites (tertiary alicyclic amines) is 1. The zero-order valence-corrected chi connectivity index (χ0v) is 15.2. The highest BCUT2D eigenvalue weighted by atomic mass is 16.5. The Bertz CT molecular complexity index is 810. The number of nitrogens with zero attached hydrogens (tertiary/aromatic N) is 1. The molecule has 138 valence electrons. The van der Waals surface area contributed by atoms with E-state index >= 15 is 0 Å². The molecular formula is C21H26N2O3. The Hall–Kier alpha value is -1.75. The molecule has 4 bridgehead atoms. The third kappa shape index (κ3) is 1.49. The predicted octanol–water partition coefficient (Wildman–Crippen LogP) is 2.63.